The highest BCUT2D eigenvalue weighted by Gasteiger charge is 2.53. The number of benzene rings is 3. The summed E-state index contributed by atoms with van der Waals surface area (Å²) in [6, 6.07) is 27.7. The standard InChI is InChI=1S/C41H44N4O6S2/c1-38(2,3)51-36(46)44-40(25-39(4,48)26-40)30-17-15-28(16-18-30)32-33(29-13-9-6-10-14-29)53-34(43-32)31-23-42-35(52-31)41(49)19-21-45(22-20-41)37(47)50-24-27-11-7-5-8-12-27/h5-18,23,48-49H,19-22,24-26H2,1-4H3,(H,44,46)/t39-,40-. The molecule has 53 heavy (non-hydrogen) atoms. The fourth-order valence-electron chi connectivity index (χ4n) is 7.14. The van der Waals surface area contributed by atoms with Crippen LogP contribution in [0.25, 0.3) is 31.6 Å². The molecule has 3 aromatic carbocycles. The van der Waals surface area contributed by atoms with Crippen molar-refractivity contribution in [1.29, 1.82) is 0 Å². The van der Waals surface area contributed by atoms with E-state index in [1.807, 2.05) is 93.6 Å². The van der Waals surface area contributed by atoms with E-state index in [4.69, 9.17) is 14.5 Å². The number of carbonyl (C=O) groups excluding carboxylic acids is 2. The van der Waals surface area contributed by atoms with Crippen LogP contribution in [0.2, 0.25) is 0 Å². The lowest BCUT2D eigenvalue weighted by molar-refractivity contribution is -0.0892. The fraction of sp³-hybridized carbons (Fsp3) is 0.366. The molecule has 2 aliphatic rings. The zero-order valence-corrected chi connectivity index (χ0v) is 31.9. The smallest absolute Gasteiger partial charge is 0.410 e. The van der Waals surface area contributed by atoms with Crippen LogP contribution in [0, 0.1) is 0 Å². The number of nitrogens with one attached hydrogen (secondary N) is 1. The van der Waals surface area contributed by atoms with Crippen molar-refractivity contribution in [3.8, 4) is 31.6 Å². The quantitative estimate of drug-likeness (QED) is 0.144. The molecule has 1 saturated heterocycles. The summed E-state index contributed by atoms with van der Waals surface area (Å²) in [5, 5.41) is 26.8. The monoisotopic (exact) mass is 752 g/mol. The van der Waals surface area contributed by atoms with E-state index >= 15 is 0 Å². The average Bonchev–Trinajstić information content (AvgIpc) is 3.79. The number of aliphatic hydroxyl groups is 2. The first kappa shape index (κ1) is 36.7. The summed E-state index contributed by atoms with van der Waals surface area (Å²) < 4.78 is 11.1. The molecule has 2 amide bonds. The Morgan fingerprint density at radius 2 is 1.53 bits per heavy atom. The summed E-state index contributed by atoms with van der Waals surface area (Å²) >= 11 is 2.99. The summed E-state index contributed by atoms with van der Waals surface area (Å²) in [7, 11) is 0. The number of rotatable bonds is 8. The second kappa shape index (κ2) is 14.3. The molecule has 7 rings (SSSR count). The van der Waals surface area contributed by atoms with Crippen LogP contribution in [0.5, 0.6) is 0 Å². The molecule has 2 fully saturated rings. The Morgan fingerprint density at radius 3 is 2.15 bits per heavy atom. The predicted octanol–water partition coefficient (Wildman–Crippen LogP) is 8.49. The van der Waals surface area contributed by atoms with Crippen molar-refractivity contribution < 1.29 is 29.3 Å². The van der Waals surface area contributed by atoms with Gasteiger partial charge in [-0.1, -0.05) is 84.9 Å². The lowest BCUT2D eigenvalue weighted by atomic mass is 9.62. The van der Waals surface area contributed by atoms with Crippen molar-refractivity contribution in [2.45, 2.75) is 82.3 Å². The molecule has 12 heteroatoms. The highest BCUT2D eigenvalue weighted by Crippen LogP contribution is 2.49. The molecule has 276 valence electrons. The van der Waals surface area contributed by atoms with E-state index in [2.05, 4.69) is 22.4 Å². The average molecular weight is 753 g/mol. The molecule has 0 spiro atoms. The Bertz CT molecular complexity index is 2060. The molecule has 0 unspecified atom stereocenters. The van der Waals surface area contributed by atoms with Crippen molar-refractivity contribution in [3.63, 3.8) is 0 Å². The molecule has 3 heterocycles. The highest BCUT2D eigenvalue weighted by molar-refractivity contribution is 7.23. The van der Waals surface area contributed by atoms with Gasteiger partial charge in [0.2, 0.25) is 0 Å². The van der Waals surface area contributed by atoms with Gasteiger partial charge in [-0.2, -0.15) is 0 Å². The molecule has 5 aromatic rings. The maximum absolute atomic E-state index is 12.8. The molecule has 0 atom stereocenters. The molecule has 0 radical (unpaired) electrons. The number of amides is 2. The molecule has 0 bridgehead atoms. The first-order valence-electron chi connectivity index (χ1n) is 17.8. The van der Waals surface area contributed by atoms with E-state index in [1.165, 1.54) is 11.3 Å². The van der Waals surface area contributed by atoms with E-state index in [1.54, 1.807) is 29.4 Å². The number of hydrogen-bond donors (Lipinski definition) is 3. The molecular weight excluding hydrogens is 709 g/mol. The van der Waals surface area contributed by atoms with Crippen LogP contribution in [0.1, 0.15) is 69.5 Å². The lowest BCUT2D eigenvalue weighted by Gasteiger charge is -2.52. The largest absolute Gasteiger partial charge is 0.445 e. The molecule has 1 aliphatic carbocycles. The Morgan fingerprint density at radius 1 is 0.887 bits per heavy atom. The summed E-state index contributed by atoms with van der Waals surface area (Å²) in [6.07, 6.45) is 2.30. The van der Waals surface area contributed by atoms with E-state index in [9.17, 15) is 19.8 Å². The van der Waals surface area contributed by atoms with Crippen LogP contribution >= 0.6 is 22.7 Å². The van der Waals surface area contributed by atoms with Crippen LogP contribution in [0.15, 0.2) is 91.1 Å². The summed E-state index contributed by atoms with van der Waals surface area (Å²) in [6.45, 7) is 8.17. The van der Waals surface area contributed by atoms with E-state index in [0.717, 1.165) is 42.7 Å². The van der Waals surface area contributed by atoms with Gasteiger partial charge < -0.3 is 29.9 Å². The second-order valence-electron chi connectivity index (χ2n) is 15.3. The topological polar surface area (TPSA) is 134 Å². The summed E-state index contributed by atoms with van der Waals surface area (Å²) in [4.78, 5) is 38.9. The molecule has 1 saturated carbocycles. The maximum atomic E-state index is 12.8. The Hall–Kier alpha value is -4.62. The zero-order valence-electron chi connectivity index (χ0n) is 30.3. The molecule has 10 nitrogen and oxygen atoms in total. The number of alkyl carbamates (subject to hydrolysis) is 1. The van der Waals surface area contributed by atoms with Gasteiger partial charge in [0.1, 0.15) is 27.8 Å². The zero-order chi connectivity index (χ0) is 37.4. The molecule has 1 aliphatic heterocycles. The number of carbonyl (C=O) groups is 2. The molecule has 2 aromatic heterocycles. The molecule has 3 N–H and O–H groups in total. The van der Waals surface area contributed by atoms with Gasteiger partial charge >= 0.3 is 12.2 Å². The molecular formula is C41H44N4O6S2. The predicted molar refractivity (Wildman–Crippen MR) is 206 cm³/mol. The Labute approximate surface area is 317 Å². The van der Waals surface area contributed by atoms with Crippen molar-refractivity contribution in [2.24, 2.45) is 0 Å². The third kappa shape index (κ3) is 8.16. The minimum absolute atomic E-state index is 0.205. The summed E-state index contributed by atoms with van der Waals surface area (Å²) in [5.41, 5.74) is 1.10. The van der Waals surface area contributed by atoms with Crippen LogP contribution in [0.3, 0.4) is 0 Å². The van der Waals surface area contributed by atoms with Gasteiger partial charge in [0.25, 0.3) is 0 Å². The highest BCUT2D eigenvalue weighted by atomic mass is 32.1. The SMILES string of the molecule is CC(C)(C)OC(=O)N[C@]1(c2ccc(-c3nc(-c4cnc(C5(O)CCN(C(=O)OCc6ccccc6)CC5)s4)sc3-c3ccccc3)cc2)C[C@@](C)(O)C1. The van der Waals surface area contributed by atoms with Crippen LogP contribution in [0.4, 0.5) is 9.59 Å². The number of hydrogen-bond acceptors (Lipinski definition) is 10. The van der Waals surface area contributed by atoms with E-state index in [0.29, 0.717) is 43.8 Å². The van der Waals surface area contributed by atoms with Crippen molar-refractivity contribution in [1.82, 2.24) is 20.2 Å². The van der Waals surface area contributed by atoms with Gasteiger partial charge in [-0.15, -0.1) is 22.7 Å². The minimum atomic E-state index is -1.16. The number of aromatic nitrogens is 2. The lowest BCUT2D eigenvalue weighted by Crippen LogP contribution is -2.62. The van der Waals surface area contributed by atoms with Crippen molar-refractivity contribution in [2.75, 3.05) is 13.1 Å². The first-order valence-corrected chi connectivity index (χ1v) is 19.4. The number of likely N-dealkylation sites (tertiary alicyclic amines) is 1. The number of ether oxygens (including phenoxy) is 2. The van der Waals surface area contributed by atoms with Gasteiger partial charge in [0.05, 0.1) is 26.6 Å². The second-order valence-corrected chi connectivity index (χ2v) is 17.3. The van der Waals surface area contributed by atoms with Gasteiger partial charge in [-0.3, -0.25) is 0 Å². The van der Waals surface area contributed by atoms with Crippen LogP contribution < -0.4 is 5.32 Å². The van der Waals surface area contributed by atoms with Crippen LogP contribution in [-0.4, -0.2) is 61.6 Å². The van der Waals surface area contributed by atoms with Crippen molar-refractivity contribution in [3.05, 3.63) is 107 Å². The minimum Gasteiger partial charge on any atom is -0.445 e. The third-order valence-electron chi connectivity index (χ3n) is 9.65. The first-order chi connectivity index (χ1) is 25.2. The van der Waals surface area contributed by atoms with Crippen LogP contribution in [-0.2, 0) is 27.2 Å². The fourth-order valence-corrected chi connectivity index (χ4v) is 9.33. The number of thiazole rings is 2. The van der Waals surface area contributed by atoms with Gasteiger partial charge in [-0.25, -0.2) is 19.6 Å². The van der Waals surface area contributed by atoms with Crippen molar-refractivity contribution >= 4 is 34.9 Å². The van der Waals surface area contributed by atoms with Gasteiger partial charge in [0, 0.05) is 50.5 Å². The summed E-state index contributed by atoms with van der Waals surface area (Å²) in [5.74, 6) is 0. The van der Waals surface area contributed by atoms with Gasteiger partial charge in [-0.05, 0) is 44.4 Å². The Kier molecular flexibility index (Phi) is 9.92. The van der Waals surface area contributed by atoms with Gasteiger partial charge in [0.15, 0.2) is 0 Å². The number of piperidine rings is 1. The van der Waals surface area contributed by atoms with E-state index < -0.39 is 28.4 Å². The Balaban J connectivity index is 1.10. The number of nitrogens with zero attached hydrogens (tertiary/aromatic N) is 3. The maximum Gasteiger partial charge on any atom is 0.410 e. The third-order valence-corrected chi connectivity index (χ3v) is 12.1. The van der Waals surface area contributed by atoms with E-state index in [-0.39, 0.29) is 12.7 Å². The normalized spacial score (nSPS) is 21.1.